The molecule has 4 nitrogen and oxygen atoms in total. The molecule has 0 aromatic heterocycles. The van der Waals surface area contributed by atoms with Gasteiger partial charge in [0.15, 0.2) is 0 Å². The highest BCUT2D eigenvalue weighted by molar-refractivity contribution is 5.68. The molecule has 0 heterocycles. The van der Waals surface area contributed by atoms with E-state index >= 15 is 0 Å². The van der Waals surface area contributed by atoms with Crippen molar-refractivity contribution < 1.29 is 9.53 Å². The van der Waals surface area contributed by atoms with Crippen LogP contribution in [-0.2, 0) is 11.2 Å². The first-order chi connectivity index (χ1) is 11.6. The predicted molar refractivity (Wildman–Crippen MR) is 106 cm³/mol. The Labute approximate surface area is 153 Å². The van der Waals surface area contributed by atoms with Crippen LogP contribution in [0.3, 0.4) is 0 Å². The van der Waals surface area contributed by atoms with Crippen LogP contribution in [0.4, 0.5) is 10.5 Å². The maximum atomic E-state index is 11.9. The molecule has 0 aliphatic heterocycles. The summed E-state index contributed by atoms with van der Waals surface area (Å²) in [5, 5.41) is 6.36. The summed E-state index contributed by atoms with van der Waals surface area (Å²) in [6.07, 6.45) is 5.40. The number of hydrogen-bond donors (Lipinski definition) is 2. The number of anilines is 1. The van der Waals surface area contributed by atoms with Gasteiger partial charge in [-0.2, -0.15) is 0 Å². The van der Waals surface area contributed by atoms with Gasteiger partial charge in [0.1, 0.15) is 5.60 Å². The Bertz CT molecular complexity index is 516. The molecule has 142 valence electrons. The van der Waals surface area contributed by atoms with Crippen molar-refractivity contribution in [3.05, 3.63) is 29.8 Å². The number of carbonyl (C=O) groups is 1. The van der Waals surface area contributed by atoms with Crippen LogP contribution in [0.1, 0.15) is 72.8 Å². The minimum absolute atomic E-state index is 0.324. The first-order valence-electron chi connectivity index (χ1n) is 9.45. The fourth-order valence-electron chi connectivity index (χ4n) is 2.53. The van der Waals surface area contributed by atoms with Crippen LogP contribution < -0.4 is 10.6 Å². The molecule has 0 spiro atoms. The van der Waals surface area contributed by atoms with Gasteiger partial charge < -0.3 is 15.4 Å². The molecule has 0 radical (unpaired) electrons. The average Bonchev–Trinajstić information content (AvgIpc) is 2.46. The number of alkyl carbamates (subject to hydrolysis) is 1. The number of amides is 1. The molecule has 0 saturated heterocycles. The summed E-state index contributed by atoms with van der Waals surface area (Å²) < 4.78 is 5.32. The monoisotopic (exact) mass is 348 g/mol. The zero-order chi connectivity index (χ0) is 18.9. The molecule has 0 atom stereocenters. The summed E-state index contributed by atoms with van der Waals surface area (Å²) in [4.78, 5) is 11.9. The van der Waals surface area contributed by atoms with Crippen molar-refractivity contribution in [1.29, 1.82) is 0 Å². The number of ether oxygens (including phenoxy) is 1. The highest BCUT2D eigenvalue weighted by Gasteiger charge is 2.24. The van der Waals surface area contributed by atoms with Gasteiger partial charge in [0, 0.05) is 17.8 Å². The summed E-state index contributed by atoms with van der Waals surface area (Å²) in [6, 6.07) is 8.66. The smallest absolute Gasteiger partial charge is 0.408 e. The van der Waals surface area contributed by atoms with Gasteiger partial charge in [-0.15, -0.1) is 0 Å². The van der Waals surface area contributed by atoms with Gasteiger partial charge in [0.2, 0.25) is 0 Å². The van der Waals surface area contributed by atoms with Crippen molar-refractivity contribution in [3.63, 3.8) is 0 Å². The molecule has 1 rings (SSSR count). The molecule has 0 bridgehead atoms. The number of carbonyl (C=O) groups excluding carboxylic acids is 1. The van der Waals surface area contributed by atoms with Crippen molar-refractivity contribution >= 4 is 11.8 Å². The van der Waals surface area contributed by atoms with Gasteiger partial charge in [0.25, 0.3) is 0 Å². The van der Waals surface area contributed by atoms with E-state index in [1.807, 2.05) is 34.6 Å². The van der Waals surface area contributed by atoms with Crippen LogP contribution in [-0.4, -0.2) is 23.8 Å². The molecule has 1 amide bonds. The van der Waals surface area contributed by atoms with E-state index < -0.39 is 5.60 Å². The SMILES string of the molecule is CCCCCc1ccc(NCCC(C)(C)NC(=O)OC(C)(C)C)cc1. The Hall–Kier alpha value is -1.71. The van der Waals surface area contributed by atoms with Crippen LogP contribution in [0.5, 0.6) is 0 Å². The van der Waals surface area contributed by atoms with Gasteiger partial charge in [-0.3, -0.25) is 0 Å². The molecule has 25 heavy (non-hydrogen) atoms. The van der Waals surface area contributed by atoms with E-state index in [4.69, 9.17) is 4.74 Å². The third kappa shape index (κ3) is 10.0. The second kappa shape index (κ2) is 9.69. The first kappa shape index (κ1) is 21.3. The third-order valence-corrected chi connectivity index (χ3v) is 3.94. The molecule has 4 heteroatoms. The minimum Gasteiger partial charge on any atom is -0.444 e. The maximum absolute atomic E-state index is 11.9. The summed E-state index contributed by atoms with van der Waals surface area (Å²) in [7, 11) is 0. The number of nitrogens with one attached hydrogen (secondary N) is 2. The van der Waals surface area contributed by atoms with Gasteiger partial charge in [-0.05, 0) is 71.6 Å². The molecule has 0 fully saturated rings. The Balaban J connectivity index is 2.36. The molecular formula is C21H36N2O2. The zero-order valence-corrected chi connectivity index (χ0v) is 16.9. The fourth-order valence-corrected chi connectivity index (χ4v) is 2.53. The highest BCUT2D eigenvalue weighted by Crippen LogP contribution is 2.15. The zero-order valence-electron chi connectivity index (χ0n) is 16.9. The molecule has 1 aromatic carbocycles. The third-order valence-electron chi connectivity index (χ3n) is 3.94. The predicted octanol–water partition coefficient (Wildman–Crippen LogP) is 5.52. The Morgan fingerprint density at radius 2 is 1.68 bits per heavy atom. The number of aryl methyl sites for hydroxylation is 1. The second-order valence-electron chi connectivity index (χ2n) is 8.34. The summed E-state index contributed by atoms with van der Waals surface area (Å²) in [6.45, 7) is 12.6. The van der Waals surface area contributed by atoms with E-state index in [1.165, 1.54) is 24.8 Å². The Morgan fingerprint density at radius 3 is 2.24 bits per heavy atom. The van der Waals surface area contributed by atoms with E-state index in [9.17, 15) is 4.79 Å². The lowest BCUT2D eigenvalue weighted by atomic mass is 10.0. The second-order valence-corrected chi connectivity index (χ2v) is 8.34. The number of rotatable bonds is 9. The lowest BCUT2D eigenvalue weighted by molar-refractivity contribution is 0.0470. The molecular weight excluding hydrogens is 312 g/mol. The highest BCUT2D eigenvalue weighted by atomic mass is 16.6. The van der Waals surface area contributed by atoms with Gasteiger partial charge in [0.05, 0.1) is 0 Å². The molecule has 0 aliphatic carbocycles. The van der Waals surface area contributed by atoms with Gasteiger partial charge in [-0.25, -0.2) is 4.79 Å². The van der Waals surface area contributed by atoms with Gasteiger partial charge in [-0.1, -0.05) is 31.9 Å². The number of hydrogen-bond acceptors (Lipinski definition) is 3. The Kier molecular flexibility index (Phi) is 8.27. The quantitative estimate of drug-likeness (QED) is 0.577. The van der Waals surface area contributed by atoms with Gasteiger partial charge >= 0.3 is 6.09 Å². The minimum atomic E-state index is -0.475. The van der Waals surface area contributed by atoms with Crippen LogP contribution >= 0.6 is 0 Å². The van der Waals surface area contributed by atoms with Crippen LogP contribution in [0.25, 0.3) is 0 Å². The molecule has 0 aliphatic rings. The van der Waals surface area contributed by atoms with Crippen LogP contribution in [0.15, 0.2) is 24.3 Å². The van der Waals surface area contributed by atoms with E-state index in [0.717, 1.165) is 25.1 Å². The lowest BCUT2D eigenvalue weighted by Gasteiger charge is -2.28. The summed E-state index contributed by atoms with van der Waals surface area (Å²) >= 11 is 0. The standard InChI is InChI=1S/C21H36N2O2/c1-7-8-9-10-17-11-13-18(14-12-17)22-16-15-21(5,6)23-19(24)25-20(2,3)4/h11-14,22H,7-10,15-16H2,1-6H3,(H,23,24). The van der Waals surface area contributed by atoms with Crippen LogP contribution in [0.2, 0.25) is 0 Å². The Morgan fingerprint density at radius 1 is 1.04 bits per heavy atom. The molecule has 2 N–H and O–H groups in total. The van der Waals surface area contributed by atoms with Crippen molar-refractivity contribution in [2.24, 2.45) is 0 Å². The van der Waals surface area contributed by atoms with Crippen molar-refractivity contribution in [2.45, 2.75) is 84.8 Å². The molecule has 0 unspecified atom stereocenters. The lowest BCUT2D eigenvalue weighted by Crippen LogP contribution is -2.46. The average molecular weight is 349 g/mol. The maximum Gasteiger partial charge on any atom is 0.408 e. The van der Waals surface area contributed by atoms with Crippen LogP contribution in [0, 0.1) is 0 Å². The van der Waals surface area contributed by atoms with E-state index in [2.05, 4.69) is 41.8 Å². The van der Waals surface area contributed by atoms with Crippen molar-refractivity contribution in [2.75, 3.05) is 11.9 Å². The van der Waals surface area contributed by atoms with E-state index in [1.54, 1.807) is 0 Å². The van der Waals surface area contributed by atoms with Crippen molar-refractivity contribution in [1.82, 2.24) is 5.32 Å². The van der Waals surface area contributed by atoms with Crippen molar-refractivity contribution in [3.8, 4) is 0 Å². The largest absolute Gasteiger partial charge is 0.444 e. The normalized spacial score (nSPS) is 11.9. The molecule has 1 aromatic rings. The fraction of sp³-hybridized carbons (Fsp3) is 0.667. The van der Waals surface area contributed by atoms with E-state index in [-0.39, 0.29) is 11.6 Å². The number of benzene rings is 1. The topological polar surface area (TPSA) is 50.4 Å². The summed E-state index contributed by atoms with van der Waals surface area (Å²) in [5.74, 6) is 0. The number of unbranched alkanes of at least 4 members (excludes halogenated alkanes) is 2. The first-order valence-corrected chi connectivity index (χ1v) is 9.45. The molecule has 0 saturated carbocycles. The van der Waals surface area contributed by atoms with E-state index in [0.29, 0.717) is 0 Å². The summed E-state index contributed by atoms with van der Waals surface area (Å²) in [5.41, 5.74) is 1.71.